The van der Waals surface area contributed by atoms with Crippen LogP contribution < -0.4 is 0 Å². The van der Waals surface area contributed by atoms with E-state index in [-0.39, 0.29) is 5.41 Å². The lowest BCUT2D eigenvalue weighted by Crippen LogP contribution is -2.17. The quantitative estimate of drug-likeness (QED) is 0.606. The SMILES string of the molecule is C=C(/C=C(/C)C(C)(C)C)N1CCCC1. The number of hydrogen-bond donors (Lipinski definition) is 0. The highest BCUT2D eigenvalue weighted by Gasteiger charge is 2.15. The molecule has 0 bridgehead atoms. The maximum Gasteiger partial charge on any atom is 0.0292 e. The Labute approximate surface area is 88.5 Å². The van der Waals surface area contributed by atoms with Crippen molar-refractivity contribution in [2.45, 2.75) is 40.5 Å². The first-order valence-electron chi connectivity index (χ1n) is 5.54. The molecule has 0 aromatic carbocycles. The molecule has 0 N–H and O–H groups in total. The second-order valence-electron chi connectivity index (χ2n) is 5.26. The minimum absolute atomic E-state index is 0.267. The van der Waals surface area contributed by atoms with E-state index in [1.54, 1.807) is 0 Å². The lowest BCUT2D eigenvalue weighted by atomic mass is 9.87. The number of likely N-dealkylation sites (tertiary alicyclic amines) is 1. The van der Waals surface area contributed by atoms with Crippen LogP contribution in [0.3, 0.4) is 0 Å². The molecule has 1 saturated heterocycles. The zero-order valence-electron chi connectivity index (χ0n) is 10.1. The summed E-state index contributed by atoms with van der Waals surface area (Å²) in [6.45, 7) is 15.4. The summed E-state index contributed by atoms with van der Waals surface area (Å²) in [5.41, 5.74) is 2.87. The zero-order chi connectivity index (χ0) is 10.8. The van der Waals surface area contributed by atoms with Crippen LogP contribution in [0.4, 0.5) is 0 Å². The van der Waals surface area contributed by atoms with Crippen molar-refractivity contribution in [2.24, 2.45) is 5.41 Å². The van der Waals surface area contributed by atoms with Gasteiger partial charge in [-0.25, -0.2) is 0 Å². The van der Waals surface area contributed by atoms with E-state index in [9.17, 15) is 0 Å². The highest BCUT2D eigenvalue weighted by atomic mass is 15.1. The predicted octanol–water partition coefficient (Wildman–Crippen LogP) is 3.59. The van der Waals surface area contributed by atoms with Crippen LogP contribution in [0.2, 0.25) is 0 Å². The van der Waals surface area contributed by atoms with Gasteiger partial charge in [0.2, 0.25) is 0 Å². The summed E-state index contributed by atoms with van der Waals surface area (Å²) < 4.78 is 0. The summed E-state index contributed by atoms with van der Waals surface area (Å²) in [4.78, 5) is 2.38. The molecule has 1 aliphatic rings. The van der Waals surface area contributed by atoms with Gasteiger partial charge in [-0.3, -0.25) is 0 Å². The van der Waals surface area contributed by atoms with Crippen molar-refractivity contribution in [1.29, 1.82) is 0 Å². The van der Waals surface area contributed by atoms with E-state index in [0.717, 1.165) is 0 Å². The molecule has 1 rings (SSSR count). The zero-order valence-corrected chi connectivity index (χ0v) is 10.1. The third-order valence-corrected chi connectivity index (χ3v) is 3.08. The Hall–Kier alpha value is -0.720. The van der Waals surface area contributed by atoms with Gasteiger partial charge in [0.05, 0.1) is 0 Å². The molecule has 0 saturated carbocycles. The third kappa shape index (κ3) is 2.90. The first-order valence-corrected chi connectivity index (χ1v) is 5.54. The first kappa shape index (κ1) is 11.4. The summed E-state index contributed by atoms with van der Waals surface area (Å²) in [7, 11) is 0. The maximum absolute atomic E-state index is 4.14. The van der Waals surface area contributed by atoms with Crippen molar-refractivity contribution in [2.75, 3.05) is 13.1 Å². The molecule has 0 spiro atoms. The Bertz CT molecular complexity index is 236. The molecule has 80 valence electrons. The Morgan fingerprint density at radius 2 is 1.71 bits per heavy atom. The van der Waals surface area contributed by atoms with Crippen molar-refractivity contribution in [3.05, 3.63) is 23.9 Å². The molecule has 1 heterocycles. The van der Waals surface area contributed by atoms with Gasteiger partial charge in [-0.05, 0) is 31.3 Å². The number of rotatable bonds is 2. The molecule has 0 amide bonds. The van der Waals surface area contributed by atoms with Crippen molar-refractivity contribution < 1.29 is 0 Å². The highest BCUT2D eigenvalue weighted by molar-refractivity contribution is 5.22. The fourth-order valence-corrected chi connectivity index (χ4v) is 1.56. The van der Waals surface area contributed by atoms with Gasteiger partial charge in [0.1, 0.15) is 0 Å². The van der Waals surface area contributed by atoms with E-state index in [4.69, 9.17) is 0 Å². The van der Waals surface area contributed by atoms with Crippen LogP contribution >= 0.6 is 0 Å². The van der Waals surface area contributed by atoms with Crippen molar-refractivity contribution in [1.82, 2.24) is 4.90 Å². The van der Waals surface area contributed by atoms with Crippen LogP contribution in [-0.2, 0) is 0 Å². The van der Waals surface area contributed by atoms with E-state index in [2.05, 4.69) is 45.2 Å². The Morgan fingerprint density at radius 3 is 2.14 bits per heavy atom. The van der Waals surface area contributed by atoms with E-state index in [1.807, 2.05) is 0 Å². The summed E-state index contributed by atoms with van der Waals surface area (Å²) >= 11 is 0. The molecule has 0 aromatic rings. The second kappa shape index (κ2) is 4.20. The molecule has 0 aliphatic carbocycles. The average molecular weight is 193 g/mol. The average Bonchev–Trinajstić information content (AvgIpc) is 2.53. The molecular weight excluding hydrogens is 170 g/mol. The summed E-state index contributed by atoms with van der Waals surface area (Å²) in [5, 5.41) is 0. The van der Waals surface area contributed by atoms with E-state index in [1.165, 1.54) is 37.2 Å². The van der Waals surface area contributed by atoms with Gasteiger partial charge in [-0.1, -0.05) is 32.9 Å². The second-order valence-corrected chi connectivity index (χ2v) is 5.26. The van der Waals surface area contributed by atoms with Crippen LogP contribution in [0.1, 0.15) is 40.5 Å². The molecule has 0 atom stereocenters. The molecule has 14 heavy (non-hydrogen) atoms. The van der Waals surface area contributed by atoms with Gasteiger partial charge in [0.25, 0.3) is 0 Å². The van der Waals surface area contributed by atoms with Crippen molar-refractivity contribution >= 4 is 0 Å². The van der Waals surface area contributed by atoms with Crippen LogP contribution in [0.15, 0.2) is 23.9 Å². The van der Waals surface area contributed by atoms with E-state index < -0.39 is 0 Å². The number of nitrogens with zero attached hydrogens (tertiary/aromatic N) is 1. The lowest BCUT2D eigenvalue weighted by Gasteiger charge is -2.23. The Morgan fingerprint density at radius 1 is 1.21 bits per heavy atom. The molecule has 0 aromatic heterocycles. The third-order valence-electron chi connectivity index (χ3n) is 3.08. The molecule has 1 fully saturated rings. The molecule has 1 heteroatoms. The van der Waals surface area contributed by atoms with E-state index >= 15 is 0 Å². The number of allylic oxidation sites excluding steroid dienone is 2. The number of hydrogen-bond acceptors (Lipinski definition) is 1. The van der Waals surface area contributed by atoms with Gasteiger partial charge in [0, 0.05) is 18.8 Å². The fourth-order valence-electron chi connectivity index (χ4n) is 1.56. The van der Waals surface area contributed by atoms with Gasteiger partial charge in [-0.15, -0.1) is 0 Å². The van der Waals surface area contributed by atoms with Crippen LogP contribution in [0.25, 0.3) is 0 Å². The fraction of sp³-hybridized carbons (Fsp3) is 0.692. The summed E-state index contributed by atoms with van der Waals surface area (Å²) in [6.07, 6.45) is 4.88. The molecule has 0 unspecified atom stereocenters. The van der Waals surface area contributed by atoms with Crippen LogP contribution in [0, 0.1) is 5.41 Å². The van der Waals surface area contributed by atoms with Crippen LogP contribution in [0.5, 0.6) is 0 Å². The first-order chi connectivity index (χ1) is 6.41. The molecule has 1 nitrogen and oxygen atoms in total. The Kier molecular flexibility index (Phi) is 3.41. The molecule has 0 radical (unpaired) electrons. The summed E-state index contributed by atoms with van der Waals surface area (Å²) in [6, 6.07) is 0. The maximum atomic E-state index is 4.14. The molecule has 1 aliphatic heterocycles. The smallest absolute Gasteiger partial charge is 0.0292 e. The standard InChI is InChI=1S/C13H23N/c1-11(13(3,4)5)10-12(2)14-8-6-7-9-14/h10H,2,6-9H2,1,3-5H3/b11-10-. The summed E-state index contributed by atoms with van der Waals surface area (Å²) in [5.74, 6) is 0. The topological polar surface area (TPSA) is 3.24 Å². The Balaban J connectivity index is 2.62. The highest BCUT2D eigenvalue weighted by Crippen LogP contribution is 2.26. The van der Waals surface area contributed by atoms with Gasteiger partial charge in [-0.2, -0.15) is 0 Å². The van der Waals surface area contributed by atoms with Gasteiger partial charge >= 0.3 is 0 Å². The monoisotopic (exact) mass is 193 g/mol. The normalized spacial score (nSPS) is 18.9. The van der Waals surface area contributed by atoms with Crippen LogP contribution in [-0.4, -0.2) is 18.0 Å². The lowest BCUT2D eigenvalue weighted by molar-refractivity contribution is 0.436. The van der Waals surface area contributed by atoms with Crippen molar-refractivity contribution in [3.8, 4) is 0 Å². The van der Waals surface area contributed by atoms with E-state index in [0.29, 0.717) is 0 Å². The van der Waals surface area contributed by atoms with Gasteiger partial charge in [0.15, 0.2) is 0 Å². The largest absolute Gasteiger partial charge is 0.372 e. The minimum Gasteiger partial charge on any atom is -0.372 e. The van der Waals surface area contributed by atoms with Crippen molar-refractivity contribution in [3.63, 3.8) is 0 Å². The minimum atomic E-state index is 0.267. The molecular formula is C13H23N. The predicted molar refractivity (Wildman–Crippen MR) is 63.2 cm³/mol. The van der Waals surface area contributed by atoms with Gasteiger partial charge < -0.3 is 4.90 Å².